The van der Waals surface area contributed by atoms with Crippen molar-refractivity contribution in [2.24, 2.45) is 0 Å². The van der Waals surface area contributed by atoms with Crippen molar-refractivity contribution in [2.45, 2.75) is 12.5 Å². The summed E-state index contributed by atoms with van der Waals surface area (Å²) >= 11 is 13.6. The lowest BCUT2D eigenvalue weighted by atomic mass is 10.2. The van der Waals surface area contributed by atoms with Crippen LogP contribution in [0.2, 0.25) is 5.02 Å². The number of ether oxygens (including phenoxy) is 1. The second-order valence-electron chi connectivity index (χ2n) is 4.07. The Morgan fingerprint density at radius 2 is 2.14 bits per heavy atom. The number of aliphatic hydroxyl groups excluding tert-OH is 1. The molecule has 0 radical (unpaired) electrons. The van der Waals surface area contributed by atoms with Gasteiger partial charge in [-0.25, -0.2) is 4.98 Å². The van der Waals surface area contributed by atoms with Gasteiger partial charge in [0.05, 0.1) is 22.1 Å². The van der Waals surface area contributed by atoms with Gasteiger partial charge in [0.1, 0.15) is 12.4 Å². The molecule has 4 nitrogen and oxygen atoms in total. The van der Waals surface area contributed by atoms with Gasteiger partial charge in [-0.15, -0.1) is 22.9 Å². The molecule has 0 fully saturated rings. The lowest BCUT2D eigenvalue weighted by Crippen LogP contribution is -1.95. The van der Waals surface area contributed by atoms with Crippen LogP contribution < -0.4 is 4.74 Å². The number of aromatic amines is 1. The highest BCUT2D eigenvalue weighted by Crippen LogP contribution is 2.31. The fraction of sp³-hybridized carbons (Fsp3) is 0.214. The zero-order valence-electron chi connectivity index (χ0n) is 11.3. The predicted octanol–water partition coefficient (Wildman–Crippen LogP) is 4.20. The van der Waals surface area contributed by atoms with Crippen LogP contribution in [0.1, 0.15) is 11.4 Å². The van der Waals surface area contributed by atoms with Crippen LogP contribution in [0.3, 0.4) is 0 Å². The Labute approximate surface area is 136 Å². The maximum absolute atomic E-state index is 7.00. The molecule has 0 saturated heterocycles. The van der Waals surface area contributed by atoms with E-state index in [0.29, 0.717) is 23.3 Å². The molecule has 2 heterocycles. The maximum atomic E-state index is 7.00. The van der Waals surface area contributed by atoms with E-state index in [0.717, 1.165) is 29.4 Å². The first-order chi connectivity index (χ1) is 10.3. The molecule has 0 amide bonds. The number of alkyl halides is 1. The molecule has 0 spiro atoms. The SMILES string of the molecule is CO.ClCc1cc2cc(Cl)c(OCc3cscn3)cc2[nH]1. The van der Waals surface area contributed by atoms with Crippen molar-refractivity contribution < 1.29 is 9.84 Å². The summed E-state index contributed by atoms with van der Waals surface area (Å²) in [5, 5.41) is 10.6. The first-order valence-electron chi connectivity index (χ1n) is 6.08. The Balaban J connectivity index is 0.000000774. The van der Waals surface area contributed by atoms with Crippen molar-refractivity contribution in [3.63, 3.8) is 0 Å². The summed E-state index contributed by atoms with van der Waals surface area (Å²) in [5.74, 6) is 1.09. The summed E-state index contributed by atoms with van der Waals surface area (Å²) in [6.45, 7) is 0.414. The Bertz CT molecular complexity index is 698. The van der Waals surface area contributed by atoms with E-state index in [1.807, 2.05) is 23.6 Å². The number of H-pyrrole nitrogens is 1. The van der Waals surface area contributed by atoms with E-state index < -0.39 is 0 Å². The summed E-state index contributed by atoms with van der Waals surface area (Å²) in [6, 6.07) is 5.75. The van der Waals surface area contributed by atoms with Crippen molar-refractivity contribution >= 4 is 45.4 Å². The summed E-state index contributed by atoms with van der Waals surface area (Å²) < 4.78 is 5.69. The fourth-order valence-electron chi connectivity index (χ4n) is 1.84. The van der Waals surface area contributed by atoms with E-state index in [1.165, 1.54) is 0 Å². The molecular formula is C14H14Cl2N2O2S. The lowest BCUT2D eigenvalue weighted by Gasteiger charge is -2.06. The molecule has 2 aromatic heterocycles. The van der Waals surface area contributed by atoms with Gasteiger partial charge in [-0.3, -0.25) is 0 Å². The van der Waals surface area contributed by atoms with Gasteiger partial charge in [-0.1, -0.05) is 11.6 Å². The van der Waals surface area contributed by atoms with Crippen LogP contribution in [-0.2, 0) is 12.5 Å². The first kappa shape index (κ1) is 16.1. The number of nitrogens with zero attached hydrogens (tertiary/aromatic N) is 1. The van der Waals surface area contributed by atoms with E-state index in [4.69, 9.17) is 33.0 Å². The number of aromatic nitrogens is 2. The summed E-state index contributed by atoms with van der Waals surface area (Å²) in [7, 11) is 1.00. The van der Waals surface area contributed by atoms with E-state index in [9.17, 15) is 0 Å². The number of thiazole rings is 1. The molecule has 2 N–H and O–H groups in total. The maximum Gasteiger partial charge on any atom is 0.140 e. The third-order valence-electron chi connectivity index (χ3n) is 2.73. The molecule has 112 valence electrons. The number of hydrogen-bond donors (Lipinski definition) is 2. The number of aliphatic hydroxyl groups is 1. The number of hydrogen-bond acceptors (Lipinski definition) is 4. The topological polar surface area (TPSA) is 58.1 Å². The minimum absolute atomic E-state index is 0.414. The molecule has 0 aliphatic heterocycles. The first-order valence-corrected chi connectivity index (χ1v) is 7.93. The minimum atomic E-state index is 0.414. The zero-order chi connectivity index (χ0) is 15.2. The molecular weight excluding hydrogens is 331 g/mol. The van der Waals surface area contributed by atoms with Gasteiger partial charge in [-0.05, 0) is 12.1 Å². The molecule has 0 bridgehead atoms. The molecule has 0 unspecified atom stereocenters. The van der Waals surface area contributed by atoms with Gasteiger partial charge in [0.2, 0.25) is 0 Å². The molecule has 0 atom stereocenters. The smallest absolute Gasteiger partial charge is 0.140 e. The van der Waals surface area contributed by atoms with Gasteiger partial charge in [0, 0.05) is 35.2 Å². The van der Waals surface area contributed by atoms with Crippen molar-refractivity contribution in [3.8, 4) is 5.75 Å². The number of fused-ring (bicyclic) bond motifs is 1. The Morgan fingerprint density at radius 3 is 2.81 bits per heavy atom. The summed E-state index contributed by atoms with van der Waals surface area (Å²) in [5.41, 5.74) is 4.60. The minimum Gasteiger partial charge on any atom is -0.486 e. The van der Waals surface area contributed by atoms with Crippen molar-refractivity contribution in [2.75, 3.05) is 7.11 Å². The number of halogens is 2. The number of nitrogens with one attached hydrogen (secondary N) is 1. The molecule has 1 aromatic carbocycles. The quantitative estimate of drug-likeness (QED) is 0.697. The van der Waals surface area contributed by atoms with Gasteiger partial charge in [0.25, 0.3) is 0 Å². The molecule has 0 aliphatic carbocycles. The van der Waals surface area contributed by atoms with Gasteiger partial charge in [-0.2, -0.15) is 0 Å². The van der Waals surface area contributed by atoms with E-state index in [2.05, 4.69) is 9.97 Å². The van der Waals surface area contributed by atoms with Crippen LogP contribution in [0.5, 0.6) is 5.75 Å². The summed E-state index contributed by atoms with van der Waals surface area (Å²) in [6.07, 6.45) is 0. The van der Waals surface area contributed by atoms with Gasteiger partial charge in [0.15, 0.2) is 0 Å². The van der Waals surface area contributed by atoms with Crippen molar-refractivity contribution in [3.05, 3.63) is 45.5 Å². The summed E-state index contributed by atoms with van der Waals surface area (Å²) in [4.78, 5) is 7.39. The van der Waals surface area contributed by atoms with Crippen molar-refractivity contribution in [1.29, 1.82) is 0 Å². The van der Waals surface area contributed by atoms with E-state index in [1.54, 1.807) is 16.8 Å². The van der Waals surface area contributed by atoms with Crippen LogP contribution in [0.25, 0.3) is 10.9 Å². The highest BCUT2D eigenvalue weighted by Gasteiger charge is 2.08. The van der Waals surface area contributed by atoms with E-state index >= 15 is 0 Å². The van der Waals surface area contributed by atoms with Crippen LogP contribution in [-0.4, -0.2) is 22.2 Å². The third kappa shape index (κ3) is 3.89. The lowest BCUT2D eigenvalue weighted by molar-refractivity contribution is 0.302. The second-order valence-corrected chi connectivity index (χ2v) is 5.46. The molecule has 0 aliphatic rings. The zero-order valence-corrected chi connectivity index (χ0v) is 13.6. The molecule has 0 saturated carbocycles. The Morgan fingerprint density at radius 1 is 1.33 bits per heavy atom. The van der Waals surface area contributed by atoms with Crippen LogP contribution in [0.15, 0.2) is 29.1 Å². The van der Waals surface area contributed by atoms with Crippen molar-refractivity contribution in [1.82, 2.24) is 9.97 Å². The number of benzene rings is 1. The third-order valence-corrected chi connectivity index (χ3v) is 3.95. The molecule has 7 heteroatoms. The molecule has 21 heavy (non-hydrogen) atoms. The highest BCUT2D eigenvalue weighted by molar-refractivity contribution is 7.07. The molecule has 3 aromatic rings. The van der Waals surface area contributed by atoms with Gasteiger partial charge >= 0.3 is 0 Å². The normalized spacial score (nSPS) is 10.3. The average molecular weight is 345 g/mol. The molecule has 3 rings (SSSR count). The van der Waals surface area contributed by atoms with Crippen LogP contribution in [0.4, 0.5) is 0 Å². The van der Waals surface area contributed by atoms with Gasteiger partial charge < -0.3 is 14.8 Å². The highest BCUT2D eigenvalue weighted by atomic mass is 35.5. The monoisotopic (exact) mass is 344 g/mol. The Hall–Kier alpha value is -1.27. The van der Waals surface area contributed by atoms with E-state index in [-0.39, 0.29) is 0 Å². The predicted molar refractivity (Wildman–Crippen MR) is 87.5 cm³/mol. The average Bonchev–Trinajstić information content (AvgIpc) is 3.15. The van der Waals surface area contributed by atoms with Crippen LogP contribution in [0, 0.1) is 0 Å². The number of rotatable bonds is 4. The fourth-order valence-corrected chi connectivity index (χ4v) is 2.75. The largest absolute Gasteiger partial charge is 0.486 e. The standard InChI is InChI=1S/C13H10Cl2N2OS.CH4O/c14-4-9-1-8-2-11(15)13(3-12(8)17-9)18-5-10-6-19-7-16-10;1-2/h1-3,6-7,17H,4-5H2;2H,1H3. The Kier molecular flexibility index (Phi) is 5.87. The van der Waals surface area contributed by atoms with Crippen LogP contribution >= 0.6 is 34.5 Å². The second kappa shape index (κ2) is 7.66.